The molecule has 1 aromatic rings. The van der Waals surface area contributed by atoms with E-state index in [0.717, 1.165) is 12.5 Å². The van der Waals surface area contributed by atoms with E-state index in [9.17, 15) is 14.9 Å². The van der Waals surface area contributed by atoms with E-state index in [0.29, 0.717) is 18.8 Å². The number of rotatable bonds is 9. The van der Waals surface area contributed by atoms with Gasteiger partial charge in [-0.2, -0.15) is 0 Å². The van der Waals surface area contributed by atoms with Crippen molar-refractivity contribution in [3.05, 3.63) is 40.0 Å². The van der Waals surface area contributed by atoms with E-state index in [-0.39, 0.29) is 18.0 Å². The van der Waals surface area contributed by atoms with Crippen molar-refractivity contribution >= 4 is 17.7 Å². The van der Waals surface area contributed by atoms with Crippen LogP contribution < -0.4 is 4.74 Å². The normalized spacial score (nSPS) is 10.7. The average molecular weight is 295 g/mol. The fraction of sp³-hybridized carbons (Fsp3) is 0.357. The highest BCUT2D eigenvalue weighted by atomic mass is 16.6. The summed E-state index contributed by atoms with van der Waals surface area (Å²) in [7, 11) is 0. The Kier molecular flexibility index (Phi) is 6.90. The summed E-state index contributed by atoms with van der Waals surface area (Å²) < 4.78 is 10.5. The molecule has 0 unspecified atom stereocenters. The van der Waals surface area contributed by atoms with Gasteiger partial charge in [0.25, 0.3) is 0 Å². The van der Waals surface area contributed by atoms with Gasteiger partial charge in [0.1, 0.15) is 6.61 Å². The Morgan fingerprint density at radius 1 is 1.38 bits per heavy atom. The predicted octanol–water partition coefficient (Wildman–Crippen LogP) is 2.50. The van der Waals surface area contributed by atoms with Crippen LogP contribution in [0.3, 0.4) is 0 Å². The number of hydrogen-bond donors (Lipinski definition) is 1. The third-order valence-electron chi connectivity index (χ3n) is 2.43. The van der Waals surface area contributed by atoms with Crippen molar-refractivity contribution in [3.63, 3.8) is 0 Å². The summed E-state index contributed by atoms with van der Waals surface area (Å²) in [6, 6.07) is 4.26. The average Bonchev–Trinajstić information content (AvgIpc) is 2.45. The van der Waals surface area contributed by atoms with Crippen molar-refractivity contribution in [1.29, 1.82) is 0 Å². The van der Waals surface area contributed by atoms with Crippen LogP contribution in [-0.4, -0.2) is 35.8 Å². The summed E-state index contributed by atoms with van der Waals surface area (Å²) in [5, 5.41) is 19.5. The van der Waals surface area contributed by atoms with Crippen LogP contribution >= 0.6 is 0 Å². The fourth-order valence-corrected chi connectivity index (χ4v) is 1.53. The van der Waals surface area contributed by atoms with Crippen LogP contribution in [0, 0.1) is 10.1 Å². The van der Waals surface area contributed by atoms with E-state index >= 15 is 0 Å². The van der Waals surface area contributed by atoms with Gasteiger partial charge < -0.3 is 14.6 Å². The second kappa shape index (κ2) is 8.70. The van der Waals surface area contributed by atoms with Crippen LogP contribution in [0.25, 0.3) is 6.08 Å². The van der Waals surface area contributed by atoms with E-state index < -0.39 is 10.9 Å². The lowest BCUT2D eigenvalue weighted by molar-refractivity contribution is -0.385. The summed E-state index contributed by atoms with van der Waals surface area (Å²) in [4.78, 5) is 20.9. The maximum Gasteiger partial charge on any atom is 0.328 e. The molecule has 0 spiro atoms. The Morgan fingerprint density at radius 3 is 2.76 bits per heavy atom. The molecule has 0 aliphatic rings. The number of nitro benzene ring substituents is 1. The Bertz CT molecular complexity index is 526. The van der Waals surface area contributed by atoms with Gasteiger partial charge in [-0.25, -0.2) is 4.79 Å². The summed E-state index contributed by atoms with van der Waals surface area (Å²) in [6.45, 7) is 3.16. The molecule has 7 heteroatoms. The number of aliphatic carboxylic acids is 1. The summed E-state index contributed by atoms with van der Waals surface area (Å²) in [5.41, 5.74) is 0.205. The molecule has 0 radical (unpaired) electrons. The van der Waals surface area contributed by atoms with E-state index in [2.05, 4.69) is 0 Å². The molecule has 0 saturated carbocycles. The lowest BCUT2D eigenvalue weighted by atomic mass is 10.1. The zero-order chi connectivity index (χ0) is 15.7. The van der Waals surface area contributed by atoms with E-state index in [4.69, 9.17) is 14.6 Å². The molecular weight excluding hydrogens is 278 g/mol. The van der Waals surface area contributed by atoms with Gasteiger partial charge in [-0.1, -0.05) is 13.0 Å². The molecule has 0 bridgehead atoms. The standard InChI is InChI=1S/C14H17NO6/c1-2-7-20-8-9-21-13-5-3-11(4-6-14(16)17)10-12(13)15(18)19/h3-6,10H,2,7-9H2,1H3,(H,16,17)/b6-4+. The second-order valence-electron chi connectivity index (χ2n) is 4.12. The minimum Gasteiger partial charge on any atom is -0.484 e. The highest BCUT2D eigenvalue weighted by Gasteiger charge is 2.15. The number of carboxylic acid groups (broad SMARTS) is 1. The Balaban J connectivity index is 2.75. The monoisotopic (exact) mass is 295 g/mol. The number of ether oxygens (including phenoxy) is 2. The SMILES string of the molecule is CCCOCCOc1ccc(/C=C/C(=O)O)cc1[N+](=O)[O-]. The Hall–Kier alpha value is -2.41. The molecule has 0 atom stereocenters. The molecule has 1 aromatic carbocycles. The van der Waals surface area contributed by atoms with Crippen molar-refractivity contribution < 1.29 is 24.3 Å². The van der Waals surface area contributed by atoms with Gasteiger partial charge in [0.05, 0.1) is 11.5 Å². The summed E-state index contributed by atoms with van der Waals surface area (Å²) in [5.74, 6) is -0.987. The van der Waals surface area contributed by atoms with Crippen molar-refractivity contribution in [3.8, 4) is 5.75 Å². The fourth-order valence-electron chi connectivity index (χ4n) is 1.53. The number of hydrogen-bond acceptors (Lipinski definition) is 5. The lowest BCUT2D eigenvalue weighted by Crippen LogP contribution is -2.08. The number of carbonyl (C=O) groups is 1. The molecule has 7 nitrogen and oxygen atoms in total. The summed E-state index contributed by atoms with van der Waals surface area (Å²) in [6.07, 6.45) is 3.09. The first-order chi connectivity index (χ1) is 10.0. The van der Waals surface area contributed by atoms with Gasteiger partial charge >= 0.3 is 11.7 Å². The molecule has 0 aliphatic carbocycles. The summed E-state index contributed by atoms with van der Waals surface area (Å²) >= 11 is 0. The number of carboxylic acids is 1. The first-order valence-corrected chi connectivity index (χ1v) is 6.44. The number of benzene rings is 1. The topological polar surface area (TPSA) is 98.9 Å². The van der Waals surface area contributed by atoms with Gasteiger partial charge in [-0.05, 0) is 24.1 Å². The van der Waals surface area contributed by atoms with Gasteiger partial charge in [-0.3, -0.25) is 10.1 Å². The van der Waals surface area contributed by atoms with E-state index in [1.807, 2.05) is 6.92 Å². The maximum absolute atomic E-state index is 11.0. The molecule has 0 amide bonds. The second-order valence-corrected chi connectivity index (χ2v) is 4.12. The minimum atomic E-state index is -1.12. The van der Waals surface area contributed by atoms with Gasteiger partial charge in [0.2, 0.25) is 0 Å². The van der Waals surface area contributed by atoms with Crippen molar-refractivity contribution in [2.24, 2.45) is 0 Å². The van der Waals surface area contributed by atoms with E-state index in [1.54, 1.807) is 6.07 Å². The highest BCUT2D eigenvalue weighted by molar-refractivity contribution is 5.85. The lowest BCUT2D eigenvalue weighted by Gasteiger charge is -2.07. The predicted molar refractivity (Wildman–Crippen MR) is 76.4 cm³/mol. The molecule has 0 fully saturated rings. The van der Waals surface area contributed by atoms with Crippen molar-refractivity contribution in [1.82, 2.24) is 0 Å². The van der Waals surface area contributed by atoms with Crippen molar-refractivity contribution in [2.75, 3.05) is 19.8 Å². The molecule has 114 valence electrons. The van der Waals surface area contributed by atoms with Crippen LogP contribution in [-0.2, 0) is 9.53 Å². The molecule has 0 saturated heterocycles. The van der Waals surface area contributed by atoms with Crippen LogP contribution in [0.4, 0.5) is 5.69 Å². The molecule has 1 N–H and O–H groups in total. The number of nitro groups is 1. The molecule has 0 aliphatic heterocycles. The van der Waals surface area contributed by atoms with Gasteiger partial charge in [-0.15, -0.1) is 0 Å². The zero-order valence-corrected chi connectivity index (χ0v) is 11.7. The molecular formula is C14H17NO6. The van der Waals surface area contributed by atoms with Crippen LogP contribution in [0.15, 0.2) is 24.3 Å². The van der Waals surface area contributed by atoms with E-state index in [1.165, 1.54) is 18.2 Å². The molecule has 1 rings (SSSR count). The quantitative estimate of drug-likeness (QED) is 0.325. The Labute approximate surface area is 121 Å². The number of nitrogens with zero attached hydrogens (tertiary/aromatic N) is 1. The Morgan fingerprint density at radius 2 is 2.14 bits per heavy atom. The zero-order valence-electron chi connectivity index (χ0n) is 11.7. The first kappa shape index (κ1) is 16.6. The molecule has 21 heavy (non-hydrogen) atoms. The molecule has 0 heterocycles. The van der Waals surface area contributed by atoms with Crippen LogP contribution in [0.2, 0.25) is 0 Å². The largest absolute Gasteiger partial charge is 0.484 e. The third kappa shape index (κ3) is 6.05. The maximum atomic E-state index is 11.0. The van der Waals surface area contributed by atoms with Gasteiger partial charge in [0.15, 0.2) is 5.75 Å². The molecule has 0 aromatic heterocycles. The van der Waals surface area contributed by atoms with Gasteiger partial charge in [0, 0.05) is 18.7 Å². The van der Waals surface area contributed by atoms with Crippen molar-refractivity contribution in [2.45, 2.75) is 13.3 Å². The third-order valence-corrected chi connectivity index (χ3v) is 2.43. The van der Waals surface area contributed by atoms with Crippen LogP contribution in [0.1, 0.15) is 18.9 Å². The highest BCUT2D eigenvalue weighted by Crippen LogP contribution is 2.28. The minimum absolute atomic E-state index is 0.132. The smallest absolute Gasteiger partial charge is 0.328 e. The van der Waals surface area contributed by atoms with Crippen LogP contribution in [0.5, 0.6) is 5.75 Å². The first-order valence-electron chi connectivity index (χ1n) is 6.44.